The second-order valence-corrected chi connectivity index (χ2v) is 4.29. The Bertz CT molecular complexity index is 295. The summed E-state index contributed by atoms with van der Waals surface area (Å²) in [5.41, 5.74) is -3.02. The van der Waals surface area contributed by atoms with Gasteiger partial charge in [-0.15, -0.1) is 0 Å². The van der Waals surface area contributed by atoms with E-state index >= 15 is 0 Å². The van der Waals surface area contributed by atoms with Gasteiger partial charge in [0.1, 0.15) is 6.10 Å². The lowest BCUT2D eigenvalue weighted by Gasteiger charge is -2.11. The average molecular weight is 345 g/mol. The first-order chi connectivity index (χ1) is 7.73. The zero-order valence-corrected chi connectivity index (χ0v) is 11.6. The van der Waals surface area contributed by atoms with Gasteiger partial charge >= 0.3 is 0 Å². The average Bonchev–Trinajstić information content (AvgIpc) is 2.14. The van der Waals surface area contributed by atoms with Crippen LogP contribution < -0.4 is 0 Å². The van der Waals surface area contributed by atoms with E-state index in [1.807, 2.05) is 0 Å². The van der Waals surface area contributed by atoms with Crippen LogP contribution in [0.3, 0.4) is 0 Å². The number of halogens is 5. The van der Waals surface area contributed by atoms with E-state index in [4.69, 9.17) is 73.3 Å². The van der Waals surface area contributed by atoms with Gasteiger partial charge in [0.15, 0.2) is 11.1 Å². The van der Waals surface area contributed by atoms with Crippen molar-refractivity contribution in [3.63, 3.8) is 0 Å². The zero-order valence-electron chi connectivity index (χ0n) is 7.81. The fraction of sp³-hybridized carbons (Fsp3) is 0.500. The lowest BCUT2D eigenvalue weighted by molar-refractivity contribution is 0.00659. The monoisotopic (exact) mass is 343 g/mol. The van der Waals surface area contributed by atoms with Crippen molar-refractivity contribution in [2.75, 3.05) is 0 Å². The van der Waals surface area contributed by atoms with Crippen LogP contribution in [0.1, 0.15) is 0 Å². The quantitative estimate of drug-likeness (QED) is 0.699. The van der Waals surface area contributed by atoms with Crippen molar-refractivity contribution in [2.45, 2.75) is 17.2 Å². The Morgan fingerprint density at radius 3 is 1.06 bits per heavy atom. The van der Waals surface area contributed by atoms with Crippen molar-refractivity contribution in [1.29, 1.82) is 0 Å². The highest BCUT2D eigenvalue weighted by Gasteiger charge is 2.19. The molecule has 17 heavy (non-hydrogen) atoms. The summed E-state index contributed by atoms with van der Waals surface area (Å²) >= 11 is 25.7. The van der Waals surface area contributed by atoms with Crippen LogP contribution in [0.15, 0.2) is 0 Å². The van der Waals surface area contributed by atoms with Gasteiger partial charge in [-0.1, -0.05) is 23.2 Å². The SMILES string of the molecule is Clc1nc(Cl)nc(Cl)n1.OC(Cl)C(O)C(O)Cl. The minimum atomic E-state index is -1.51. The Kier molecular flexibility index (Phi) is 8.61. The lowest BCUT2D eigenvalue weighted by Crippen LogP contribution is -2.29. The molecule has 1 aromatic heterocycles. The van der Waals surface area contributed by atoms with Gasteiger partial charge in [-0.25, -0.2) is 0 Å². The van der Waals surface area contributed by atoms with Gasteiger partial charge in [-0.05, 0) is 34.8 Å². The van der Waals surface area contributed by atoms with Crippen LogP contribution in [0, 0.1) is 0 Å². The van der Waals surface area contributed by atoms with Crippen LogP contribution in [-0.2, 0) is 0 Å². The lowest BCUT2D eigenvalue weighted by atomic mass is 10.4. The fourth-order valence-corrected chi connectivity index (χ4v) is 1.39. The molecule has 0 radical (unpaired) electrons. The molecule has 0 aromatic carbocycles. The molecular formula is C6H6Cl5N3O3. The Labute approximate surface area is 121 Å². The molecule has 0 spiro atoms. The normalized spacial score (nSPS) is 15.5. The number of hydrogen-bond acceptors (Lipinski definition) is 6. The molecule has 98 valence electrons. The molecule has 2 unspecified atom stereocenters. The molecule has 2 atom stereocenters. The van der Waals surface area contributed by atoms with E-state index in [1.165, 1.54) is 0 Å². The number of hydrogen-bond donors (Lipinski definition) is 3. The van der Waals surface area contributed by atoms with Gasteiger partial charge in [-0.3, -0.25) is 0 Å². The van der Waals surface area contributed by atoms with Crippen molar-refractivity contribution < 1.29 is 15.3 Å². The molecule has 1 aromatic rings. The molecule has 0 saturated heterocycles. The predicted octanol–water partition coefficient (Wildman–Crippen LogP) is 1.29. The Balaban J connectivity index is 0.000000304. The second kappa shape index (κ2) is 8.44. The molecule has 0 aliphatic heterocycles. The molecule has 1 rings (SSSR count). The summed E-state index contributed by atoms with van der Waals surface area (Å²) < 4.78 is 0. The van der Waals surface area contributed by atoms with E-state index in [2.05, 4.69) is 15.0 Å². The topological polar surface area (TPSA) is 99.4 Å². The number of nitrogens with zero attached hydrogens (tertiary/aromatic N) is 3. The molecule has 0 fully saturated rings. The van der Waals surface area contributed by atoms with E-state index in [0.29, 0.717) is 0 Å². The Morgan fingerprint density at radius 1 is 0.706 bits per heavy atom. The van der Waals surface area contributed by atoms with Crippen molar-refractivity contribution >= 4 is 58.0 Å². The maximum Gasteiger partial charge on any atom is 0.227 e. The molecule has 1 heterocycles. The Hall–Kier alpha value is 0.340. The van der Waals surface area contributed by atoms with E-state index in [1.54, 1.807) is 0 Å². The molecule has 6 nitrogen and oxygen atoms in total. The fourth-order valence-electron chi connectivity index (χ4n) is 0.434. The first kappa shape index (κ1) is 17.3. The predicted molar refractivity (Wildman–Crippen MR) is 64.6 cm³/mol. The van der Waals surface area contributed by atoms with Gasteiger partial charge in [-0.2, -0.15) is 15.0 Å². The van der Waals surface area contributed by atoms with Crippen LogP contribution in [0.2, 0.25) is 15.9 Å². The summed E-state index contributed by atoms with van der Waals surface area (Å²) in [4.78, 5) is 10.4. The van der Waals surface area contributed by atoms with Crippen LogP contribution in [0.4, 0.5) is 0 Å². The highest BCUT2D eigenvalue weighted by molar-refractivity contribution is 6.33. The molecule has 11 heteroatoms. The summed E-state index contributed by atoms with van der Waals surface area (Å²) in [5.74, 6) is 0. The maximum atomic E-state index is 8.44. The number of aliphatic hydroxyl groups excluding tert-OH is 3. The third-order valence-corrected chi connectivity index (χ3v) is 2.14. The molecule has 0 saturated carbocycles. The van der Waals surface area contributed by atoms with Gasteiger partial charge in [0.25, 0.3) is 0 Å². The molecule has 0 aliphatic carbocycles. The zero-order chi connectivity index (χ0) is 13.6. The van der Waals surface area contributed by atoms with Crippen LogP contribution in [-0.4, -0.2) is 47.5 Å². The molecule has 0 bridgehead atoms. The summed E-state index contributed by atoms with van der Waals surface area (Å²) in [6, 6.07) is 0. The molecule has 0 aliphatic rings. The van der Waals surface area contributed by atoms with Crippen molar-refractivity contribution in [1.82, 2.24) is 15.0 Å². The van der Waals surface area contributed by atoms with Gasteiger partial charge in [0.2, 0.25) is 15.9 Å². The summed E-state index contributed by atoms with van der Waals surface area (Å²) in [7, 11) is 0. The van der Waals surface area contributed by atoms with Crippen molar-refractivity contribution in [3.8, 4) is 0 Å². The van der Waals surface area contributed by atoms with E-state index in [-0.39, 0.29) is 15.9 Å². The van der Waals surface area contributed by atoms with Crippen LogP contribution in [0.5, 0.6) is 0 Å². The molecular weight excluding hydrogens is 339 g/mol. The standard InChI is InChI=1S/C3Cl3N3.C3H6Cl2O3/c4-1-7-2(5)9-3(6)8-1;4-2(7)1(6)3(5)8/h;1-3,6-8H. The largest absolute Gasteiger partial charge is 0.385 e. The van der Waals surface area contributed by atoms with Gasteiger partial charge < -0.3 is 15.3 Å². The second-order valence-electron chi connectivity index (χ2n) is 2.38. The highest BCUT2D eigenvalue weighted by Crippen LogP contribution is 2.08. The van der Waals surface area contributed by atoms with Crippen molar-refractivity contribution in [3.05, 3.63) is 15.9 Å². The maximum absolute atomic E-state index is 8.44. The van der Waals surface area contributed by atoms with Crippen LogP contribution >= 0.6 is 58.0 Å². The number of aliphatic hydroxyl groups is 3. The number of aromatic nitrogens is 3. The highest BCUT2D eigenvalue weighted by atomic mass is 35.5. The van der Waals surface area contributed by atoms with E-state index in [9.17, 15) is 0 Å². The number of alkyl halides is 2. The summed E-state index contributed by atoms with van der Waals surface area (Å²) in [6.07, 6.45) is -1.49. The van der Waals surface area contributed by atoms with Crippen molar-refractivity contribution in [2.24, 2.45) is 0 Å². The smallest absolute Gasteiger partial charge is 0.227 e. The Morgan fingerprint density at radius 2 is 0.941 bits per heavy atom. The third kappa shape index (κ3) is 8.12. The van der Waals surface area contributed by atoms with Gasteiger partial charge in [0.05, 0.1) is 0 Å². The minimum Gasteiger partial charge on any atom is -0.385 e. The third-order valence-electron chi connectivity index (χ3n) is 1.12. The summed E-state index contributed by atoms with van der Waals surface area (Å²) in [6.45, 7) is 0. The molecule has 3 N–H and O–H groups in total. The summed E-state index contributed by atoms with van der Waals surface area (Å²) in [5, 5.41) is 25.0. The van der Waals surface area contributed by atoms with Crippen LogP contribution in [0.25, 0.3) is 0 Å². The first-order valence-corrected chi connectivity index (χ1v) is 5.79. The van der Waals surface area contributed by atoms with Gasteiger partial charge in [0, 0.05) is 0 Å². The van der Waals surface area contributed by atoms with E-state index in [0.717, 1.165) is 0 Å². The van der Waals surface area contributed by atoms with E-state index < -0.39 is 17.2 Å². The first-order valence-electron chi connectivity index (χ1n) is 3.79. The number of rotatable bonds is 2. The molecule has 0 amide bonds. The minimum absolute atomic E-state index is 0.000000000000000444.